The summed E-state index contributed by atoms with van der Waals surface area (Å²) in [7, 11) is 0. The van der Waals surface area contributed by atoms with Crippen molar-refractivity contribution >= 4 is 12.2 Å². The smallest absolute Gasteiger partial charge is 0.210 e. The number of carbonyl (C=O) groups is 1. The summed E-state index contributed by atoms with van der Waals surface area (Å²) in [6.45, 7) is 5.34. The van der Waals surface area contributed by atoms with Crippen molar-refractivity contribution in [2.75, 3.05) is 37.6 Å². The lowest BCUT2D eigenvalue weighted by Crippen LogP contribution is -2.49. The van der Waals surface area contributed by atoms with Crippen molar-refractivity contribution in [3.05, 3.63) is 48.2 Å². The highest BCUT2D eigenvalue weighted by Gasteiger charge is 2.26. The molecule has 1 aromatic carbocycles. The van der Waals surface area contributed by atoms with E-state index in [1.54, 1.807) is 0 Å². The van der Waals surface area contributed by atoms with Crippen molar-refractivity contribution in [3.63, 3.8) is 0 Å². The number of piperazine rings is 1. The third kappa shape index (κ3) is 4.47. The Labute approximate surface area is 186 Å². The number of likely N-dealkylation sites (tertiary alicyclic amines) is 1. The molecule has 3 aliphatic rings. The lowest BCUT2D eigenvalue weighted by atomic mass is 9.94. The Morgan fingerprint density at radius 1 is 0.774 bits per heavy atom. The number of hydrogen-bond acceptors (Lipinski definition) is 4. The Kier molecular flexibility index (Phi) is 6.21. The fourth-order valence-corrected chi connectivity index (χ4v) is 5.67. The molecule has 1 aromatic heterocycles. The highest BCUT2D eigenvalue weighted by Crippen LogP contribution is 2.31. The molecule has 0 N–H and O–H groups in total. The minimum absolute atomic E-state index is 0.226. The minimum Gasteiger partial charge on any atom is -0.354 e. The molecule has 1 unspecified atom stereocenters. The molecule has 164 valence electrons. The fourth-order valence-electron chi connectivity index (χ4n) is 5.67. The van der Waals surface area contributed by atoms with E-state index in [1.807, 2.05) is 11.1 Å². The van der Waals surface area contributed by atoms with E-state index in [4.69, 9.17) is 4.98 Å². The molecule has 3 heterocycles. The molecule has 0 spiro atoms. The van der Waals surface area contributed by atoms with Crippen LogP contribution in [0.2, 0.25) is 0 Å². The Morgan fingerprint density at radius 3 is 2.16 bits per heavy atom. The van der Waals surface area contributed by atoms with E-state index in [0.29, 0.717) is 0 Å². The van der Waals surface area contributed by atoms with Crippen molar-refractivity contribution < 1.29 is 4.79 Å². The molecule has 5 heteroatoms. The summed E-state index contributed by atoms with van der Waals surface area (Å²) in [5.74, 6) is 1.09. The van der Waals surface area contributed by atoms with Crippen LogP contribution in [0.4, 0.5) is 5.82 Å². The van der Waals surface area contributed by atoms with Gasteiger partial charge in [-0.15, -0.1) is 0 Å². The largest absolute Gasteiger partial charge is 0.354 e. The van der Waals surface area contributed by atoms with Gasteiger partial charge < -0.3 is 9.80 Å². The molecular weight excluding hydrogens is 384 g/mol. The quantitative estimate of drug-likeness (QED) is 0.671. The van der Waals surface area contributed by atoms with Crippen LogP contribution < -0.4 is 4.90 Å². The van der Waals surface area contributed by atoms with E-state index in [9.17, 15) is 4.79 Å². The Bertz CT molecular complexity index is 852. The van der Waals surface area contributed by atoms with Crippen LogP contribution in [0, 0.1) is 0 Å². The molecule has 1 atom stereocenters. The van der Waals surface area contributed by atoms with Crippen LogP contribution in [0.5, 0.6) is 0 Å². The summed E-state index contributed by atoms with van der Waals surface area (Å²) >= 11 is 0. The minimum atomic E-state index is 0.226. The van der Waals surface area contributed by atoms with E-state index in [2.05, 4.69) is 46.2 Å². The summed E-state index contributed by atoms with van der Waals surface area (Å²) in [4.78, 5) is 23.2. The zero-order chi connectivity index (χ0) is 21.0. The van der Waals surface area contributed by atoms with Crippen LogP contribution in [0.3, 0.4) is 0 Å². The summed E-state index contributed by atoms with van der Waals surface area (Å²) in [5.41, 5.74) is 3.57. The number of nitrogens with zero attached hydrogens (tertiary/aromatic N) is 4. The molecule has 1 aliphatic carbocycles. The summed E-state index contributed by atoms with van der Waals surface area (Å²) < 4.78 is 0. The van der Waals surface area contributed by atoms with Gasteiger partial charge in [-0.05, 0) is 55.4 Å². The van der Waals surface area contributed by atoms with Gasteiger partial charge in [-0.2, -0.15) is 0 Å². The summed E-state index contributed by atoms with van der Waals surface area (Å²) in [6.07, 6.45) is 12.0. The maximum atomic E-state index is 11.4. The molecule has 1 amide bonds. The molecule has 5 nitrogen and oxygen atoms in total. The first-order chi connectivity index (χ1) is 15.3. The van der Waals surface area contributed by atoms with Gasteiger partial charge in [-0.1, -0.05) is 37.1 Å². The number of amides is 1. The lowest BCUT2D eigenvalue weighted by Gasteiger charge is -2.38. The Morgan fingerprint density at radius 2 is 1.48 bits per heavy atom. The SMILES string of the molecule is O=CN1CCCCC1c1ccc(-c2ccc(N3CCN(C4CCCC4)CC3)nc2)cc1. The molecule has 5 rings (SSSR count). The van der Waals surface area contributed by atoms with Crippen LogP contribution in [0.1, 0.15) is 56.6 Å². The van der Waals surface area contributed by atoms with Gasteiger partial charge in [-0.25, -0.2) is 4.98 Å². The summed E-state index contributed by atoms with van der Waals surface area (Å²) in [6, 6.07) is 14.1. The van der Waals surface area contributed by atoms with Crippen molar-refractivity contribution in [1.29, 1.82) is 0 Å². The van der Waals surface area contributed by atoms with Gasteiger partial charge in [-0.3, -0.25) is 9.69 Å². The van der Waals surface area contributed by atoms with E-state index in [1.165, 1.54) is 43.2 Å². The number of piperidine rings is 1. The Balaban J connectivity index is 1.21. The lowest BCUT2D eigenvalue weighted by molar-refractivity contribution is -0.121. The van der Waals surface area contributed by atoms with Gasteiger partial charge in [0.1, 0.15) is 5.82 Å². The number of anilines is 1. The number of rotatable bonds is 5. The van der Waals surface area contributed by atoms with Gasteiger partial charge >= 0.3 is 0 Å². The van der Waals surface area contributed by atoms with Crippen molar-refractivity contribution in [2.45, 2.75) is 57.0 Å². The summed E-state index contributed by atoms with van der Waals surface area (Å²) in [5, 5.41) is 0. The van der Waals surface area contributed by atoms with Gasteiger partial charge in [0.05, 0.1) is 6.04 Å². The third-order valence-corrected chi connectivity index (χ3v) is 7.54. The molecule has 0 bridgehead atoms. The van der Waals surface area contributed by atoms with Crippen molar-refractivity contribution in [1.82, 2.24) is 14.8 Å². The first kappa shape index (κ1) is 20.5. The van der Waals surface area contributed by atoms with E-state index < -0.39 is 0 Å². The molecule has 2 aliphatic heterocycles. The van der Waals surface area contributed by atoms with Gasteiger partial charge in [0.2, 0.25) is 6.41 Å². The average molecular weight is 419 g/mol. The maximum absolute atomic E-state index is 11.4. The molecule has 0 radical (unpaired) electrons. The van der Waals surface area contributed by atoms with Gasteiger partial charge in [0, 0.05) is 50.5 Å². The predicted octanol–water partition coefficient (Wildman–Crippen LogP) is 4.50. The van der Waals surface area contributed by atoms with Gasteiger partial charge in [0.15, 0.2) is 0 Å². The number of hydrogen-bond donors (Lipinski definition) is 0. The van der Waals surface area contributed by atoms with Crippen molar-refractivity contribution in [3.8, 4) is 11.1 Å². The molecule has 2 aromatic rings. The van der Waals surface area contributed by atoms with E-state index in [-0.39, 0.29) is 6.04 Å². The van der Waals surface area contributed by atoms with E-state index >= 15 is 0 Å². The van der Waals surface area contributed by atoms with Crippen LogP contribution in [0.15, 0.2) is 42.6 Å². The van der Waals surface area contributed by atoms with Crippen LogP contribution in [-0.4, -0.2) is 60.0 Å². The molecular formula is C26H34N4O. The molecule has 3 fully saturated rings. The zero-order valence-electron chi connectivity index (χ0n) is 18.5. The first-order valence-electron chi connectivity index (χ1n) is 12.1. The standard InChI is InChI=1S/C26H34N4O/c31-20-30-14-4-3-7-25(30)22-10-8-21(9-11-22)23-12-13-26(27-19-23)29-17-15-28(16-18-29)24-5-1-2-6-24/h8-13,19-20,24-25H,1-7,14-18H2. The first-order valence-corrected chi connectivity index (χ1v) is 12.1. The highest BCUT2D eigenvalue weighted by atomic mass is 16.1. The average Bonchev–Trinajstić information content (AvgIpc) is 3.40. The van der Waals surface area contributed by atoms with Crippen LogP contribution in [0.25, 0.3) is 11.1 Å². The molecule has 31 heavy (non-hydrogen) atoms. The normalized spacial score (nSPS) is 23.3. The maximum Gasteiger partial charge on any atom is 0.210 e. The fraction of sp³-hybridized carbons (Fsp3) is 0.538. The second-order valence-corrected chi connectivity index (χ2v) is 9.34. The Hall–Kier alpha value is -2.40. The third-order valence-electron chi connectivity index (χ3n) is 7.54. The number of benzene rings is 1. The predicted molar refractivity (Wildman–Crippen MR) is 125 cm³/mol. The van der Waals surface area contributed by atoms with Crippen LogP contribution in [-0.2, 0) is 4.79 Å². The molecule has 1 saturated carbocycles. The number of carbonyl (C=O) groups excluding carboxylic acids is 1. The molecule has 2 saturated heterocycles. The van der Waals surface area contributed by atoms with E-state index in [0.717, 1.165) is 69.4 Å². The second kappa shape index (κ2) is 9.39. The zero-order valence-corrected chi connectivity index (χ0v) is 18.5. The second-order valence-electron chi connectivity index (χ2n) is 9.34. The highest BCUT2D eigenvalue weighted by molar-refractivity contribution is 5.64. The van der Waals surface area contributed by atoms with Crippen molar-refractivity contribution in [2.24, 2.45) is 0 Å². The monoisotopic (exact) mass is 418 g/mol. The van der Waals surface area contributed by atoms with Gasteiger partial charge in [0.25, 0.3) is 0 Å². The van der Waals surface area contributed by atoms with Crippen LogP contribution >= 0.6 is 0 Å². The number of pyridine rings is 1. The topological polar surface area (TPSA) is 39.7 Å². The number of aromatic nitrogens is 1.